The Bertz CT molecular complexity index is 770. The number of nitrogens with one attached hydrogen (secondary N) is 2. The summed E-state index contributed by atoms with van der Waals surface area (Å²) in [5.41, 5.74) is 4.42. The predicted molar refractivity (Wildman–Crippen MR) is 105 cm³/mol. The number of amides is 1. The van der Waals surface area contributed by atoms with Crippen molar-refractivity contribution in [3.63, 3.8) is 0 Å². The Kier molecular flexibility index (Phi) is 9.12. The van der Waals surface area contributed by atoms with Crippen molar-refractivity contribution in [2.45, 2.75) is 57.3 Å². The molecule has 0 saturated heterocycles. The zero-order valence-electron chi connectivity index (χ0n) is 16.1. The van der Waals surface area contributed by atoms with Crippen LogP contribution >= 0.6 is 0 Å². The maximum absolute atomic E-state index is 12.1. The second-order valence-corrected chi connectivity index (χ2v) is 6.89. The summed E-state index contributed by atoms with van der Waals surface area (Å²) in [6.45, 7) is 1.08. The number of H-pyrrole nitrogens is 1. The number of hydrogen-bond donors (Lipinski definition) is 4. The van der Waals surface area contributed by atoms with Gasteiger partial charge >= 0.3 is 5.69 Å². The number of unbranched alkanes of at least 4 members (excludes halogenated alkanes) is 5. The third kappa shape index (κ3) is 6.74. The molecule has 1 aliphatic heterocycles. The minimum atomic E-state index is -0.720. The normalized spacial score (nSPS) is 18.5. The number of rotatable bonds is 12. The molecule has 1 aliphatic rings. The van der Waals surface area contributed by atoms with E-state index in [9.17, 15) is 14.4 Å². The van der Waals surface area contributed by atoms with Crippen LogP contribution in [0.1, 0.15) is 50.3 Å². The number of nitrogens with two attached hydrogens (primary N) is 1. The second kappa shape index (κ2) is 11.6. The van der Waals surface area contributed by atoms with Gasteiger partial charge < -0.3 is 20.9 Å². The zero-order chi connectivity index (χ0) is 20.4. The van der Waals surface area contributed by atoms with Crippen molar-refractivity contribution in [2.24, 2.45) is 5.73 Å². The van der Waals surface area contributed by atoms with Crippen LogP contribution in [0.3, 0.4) is 0 Å². The number of nitrogens with zero attached hydrogens (tertiary/aromatic N) is 1. The monoisotopic (exact) mass is 394 g/mol. The van der Waals surface area contributed by atoms with E-state index < -0.39 is 23.6 Å². The van der Waals surface area contributed by atoms with Gasteiger partial charge in [-0.15, -0.1) is 0 Å². The number of carbonyl (C=O) groups is 1. The summed E-state index contributed by atoms with van der Waals surface area (Å²) >= 11 is 0. The van der Waals surface area contributed by atoms with E-state index in [1.165, 1.54) is 10.8 Å². The highest BCUT2D eigenvalue weighted by molar-refractivity contribution is 5.78. The molecule has 0 aromatic carbocycles. The summed E-state index contributed by atoms with van der Waals surface area (Å²) in [7, 11) is 0. The van der Waals surface area contributed by atoms with Gasteiger partial charge in [0.25, 0.3) is 5.56 Å². The second-order valence-electron chi connectivity index (χ2n) is 6.89. The van der Waals surface area contributed by atoms with Gasteiger partial charge in [0.1, 0.15) is 6.10 Å². The SMILES string of the molecule is NCCCCCCCCNC(=O)Cc1cn([C@H]2C=C[C@@H](CO)O2)c(=O)[nH]c1=O. The van der Waals surface area contributed by atoms with Crippen molar-refractivity contribution in [2.75, 3.05) is 19.7 Å². The molecule has 1 amide bonds. The molecule has 9 heteroatoms. The van der Waals surface area contributed by atoms with E-state index in [-0.39, 0.29) is 24.5 Å². The number of aliphatic hydroxyl groups is 1. The Morgan fingerprint density at radius 1 is 1.18 bits per heavy atom. The Hall–Kier alpha value is -2.23. The zero-order valence-corrected chi connectivity index (χ0v) is 16.1. The van der Waals surface area contributed by atoms with Gasteiger partial charge in [-0.1, -0.05) is 31.8 Å². The first-order chi connectivity index (χ1) is 13.5. The molecule has 5 N–H and O–H groups in total. The number of ether oxygens (including phenoxy) is 1. The van der Waals surface area contributed by atoms with Gasteiger partial charge in [0.15, 0.2) is 6.23 Å². The van der Waals surface area contributed by atoms with Crippen molar-refractivity contribution in [3.8, 4) is 0 Å². The number of carbonyl (C=O) groups excluding carboxylic acids is 1. The van der Waals surface area contributed by atoms with Crippen LogP contribution in [0.25, 0.3) is 0 Å². The molecule has 9 nitrogen and oxygen atoms in total. The van der Waals surface area contributed by atoms with Gasteiger partial charge in [-0.05, 0) is 25.5 Å². The Balaban J connectivity index is 1.82. The molecule has 0 fully saturated rings. The third-order valence-corrected chi connectivity index (χ3v) is 4.60. The third-order valence-electron chi connectivity index (χ3n) is 4.60. The van der Waals surface area contributed by atoms with Crippen LogP contribution in [0.15, 0.2) is 27.9 Å². The topological polar surface area (TPSA) is 139 Å². The Morgan fingerprint density at radius 3 is 2.57 bits per heavy atom. The Labute approximate surface area is 163 Å². The number of aromatic amines is 1. The van der Waals surface area contributed by atoms with Crippen LogP contribution in [-0.4, -0.2) is 46.4 Å². The average Bonchev–Trinajstić information content (AvgIpc) is 3.15. The molecule has 2 rings (SSSR count). The number of aromatic nitrogens is 2. The van der Waals surface area contributed by atoms with Crippen LogP contribution in [-0.2, 0) is 16.0 Å². The van der Waals surface area contributed by atoms with Gasteiger partial charge in [-0.3, -0.25) is 19.1 Å². The van der Waals surface area contributed by atoms with Gasteiger partial charge in [-0.25, -0.2) is 4.79 Å². The fourth-order valence-corrected chi connectivity index (χ4v) is 3.03. The average molecular weight is 394 g/mol. The van der Waals surface area contributed by atoms with Crippen LogP contribution in [0.2, 0.25) is 0 Å². The van der Waals surface area contributed by atoms with Crippen molar-refractivity contribution in [1.82, 2.24) is 14.9 Å². The number of hydrogen-bond acceptors (Lipinski definition) is 6. The minimum Gasteiger partial charge on any atom is -0.393 e. The minimum absolute atomic E-state index is 0.119. The van der Waals surface area contributed by atoms with Crippen LogP contribution in [0.4, 0.5) is 0 Å². The highest BCUT2D eigenvalue weighted by atomic mass is 16.5. The summed E-state index contributed by atoms with van der Waals surface area (Å²) in [4.78, 5) is 38.4. The van der Waals surface area contributed by atoms with Crippen molar-refractivity contribution < 1.29 is 14.6 Å². The fourth-order valence-electron chi connectivity index (χ4n) is 3.03. The molecular weight excluding hydrogens is 364 g/mol. The fraction of sp³-hybridized carbons (Fsp3) is 0.632. The molecule has 2 heterocycles. The molecule has 0 aliphatic carbocycles. The lowest BCUT2D eigenvalue weighted by molar-refractivity contribution is -0.120. The molecule has 0 saturated carbocycles. The maximum atomic E-state index is 12.1. The van der Waals surface area contributed by atoms with Crippen molar-refractivity contribution >= 4 is 5.91 Å². The quantitative estimate of drug-likeness (QED) is 0.289. The van der Waals surface area contributed by atoms with Crippen LogP contribution < -0.4 is 22.3 Å². The maximum Gasteiger partial charge on any atom is 0.330 e. The van der Waals surface area contributed by atoms with Crippen LogP contribution in [0, 0.1) is 0 Å². The summed E-state index contributed by atoms with van der Waals surface area (Å²) < 4.78 is 6.68. The summed E-state index contributed by atoms with van der Waals surface area (Å²) in [5, 5.41) is 11.9. The van der Waals surface area contributed by atoms with Gasteiger partial charge in [0.2, 0.25) is 5.91 Å². The molecule has 156 valence electrons. The van der Waals surface area contributed by atoms with E-state index in [4.69, 9.17) is 15.6 Å². The largest absolute Gasteiger partial charge is 0.393 e. The van der Waals surface area contributed by atoms with Crippen LogP contribution in [0.5, 0.6) is 0 Å². The lowest BCUT2D eigenvalue weighted by atomic mass is 10.1. The van der Waals surface area contributed by atoms with E-state index in [2.05, 4.69) is 10.3 Å². The molecule has 0 bridgehead atoms. The van der Waals surface area contributed by atoms with E-state index in [1.807, 2.05) is 0 Å². The van der Waals surface area contributed by atoms with E-state index in [0.717, 1.165) is 45.1 Å². The van der Waals surface area contributed by atoms with E-state index >= 15 is 0 Å². The molecule has 1 aromatic heterocycles. The Morgan fingerprint density at radius 2 is 1.89 bits per heavy atom. The molecule has 0 radical (unpaired) electrons. The first-order valence-corrected chi connectivity index (χ1v) is 9.81. The first kappa shape index (κ1) is 22.1. The molecule has 2 atom stereocenters. The molecule has 0 unspecified atom stereocenters. The van der Waals surface area contributed by atoms with E-state index in [0.29, 0.717) is 6.54 Å². The van der Waals surface area contributed by atoms with E-state index in [1.54, 1.807) is 12.2 Å². The highest BCUT2D eigenvalue weighted by Crippen LogP contribution is 2.19. The summed E-state index contributed by atoms with van der Waals surface area (Å²) in [5.74, 6) is -0.269. The van der Waals surface area contributed by atoms with Gasteiger partial charge in [-0.2, -0.15) is 0 Å². The molecule has 28 heavy (non-hydrogen) atoms. The number of aliphatic hydroxyl groups excluding tert-OH is 1. The molecular formula is C19H30N4O5. The summed E-state index contributed by atoms with van der Waals surface area (Å²) in [6, 6.07) is 0. The molecule has 1 aromatic rings. The lowest BCUT2D eigenvalue weighted by Crippen LogP contribution is -2.36. The first-order valence-electron chi connectivity index (χ1n) is 9.81. The lowest BCUT2D eigenvalue weighted by Gasteiger charge is -2.15. The van der Waals surface area contributed by atoms with Crippen molar-refractivity contribution in [1.29, 1.82) is 0 Å². The smallest absolute Gasteiger partial charge is 0.330 e. The van der Waals surface area contributed by atoms with Gasteiger partial charge in [0.05, 0.1) is 13.0 Å². The summed E-state index contributed by atoms with van der Waals surface area (Å²) in [6.07, 6.45) is 9.65. The standard InChI is InChI=1S/C19H30N4O5/c20-9-5-3-1-2-4-6-10-21-16(25)11-14-12-23(19(27)22-18(14)26)17-8-7-15(13-24)28-17/h7-8,12,15,17,24H,1-6,9-11,13,20H2,(H,21,25)(H,22,26,27)/t15-,17+/m0/s1. The predicted octanol–water partition coefficient (Wildman–Crippen LogP) is -0.0595. The molecule has 0 spiro atoms. The van der Waals surface area contributed by atoms with Gasteiger partial charge in [0, 0.05) is 18.3 Å². The highest BCUT2D eigenvalue weighted by Gasteiger charge is 2.22. The van der Waals surface area contributed by atoms with Crippen molar-refractivity contribution in [3.05, 3.63) is 44.8 Å².